The number of pyridine rings is 1. The van der Waals surface area contributed by atoms with E-state index in [0.717, 1.165) is 0 Å². The normalized spacial score (nSPS) is 11.8. The molecule has 3 aromatic rings. The standard InChI is InChI=1S/C27H35N3O6S/c1-6-30-20(5)24(19(4)26(30)27(32)36-8-3)22(31)18-29(16-11-17-35-7-2)37(33,34)23-14-9-12-21-13-10-15-28-25(21)23/h9-10,12-15H,6-8,11,16-18H2,1-5H3. The lowest BCUT2D eigenvalue weighted by Gasteiger charge is -2.22. The Bertz CT molecular complexity index is 1380. The fourth-order valence-electron chi connectivity index (χ4n) is 4.60. The Kier molecular flexibility index (Phi) is 9.58. The number of sulfonamides is 1. The number of ether oxygens (including phenoxy) is 2. The second kappa shape index (κ2) is 12.4. The largest absolute Gasteiger partial charge is 0.461 e. The van der Waals surface area contributed by atoms with E-state index in [4.69, 9.17) is 9.47 Å². The third-order valence-electron chi connectivity index (χ3n) is 6.26. The zero-order valence-corrected chi connectivity index (χ0v) is 22.9. The number of fused-ring (bicyclic) bond motifs is 1. The second-order valence-corrected chi connectivity index (χ2v) is 10.4. The van der Waals surface area contributed by atoms with Crippen LogP contribution in [0, 0.1) is 13.8 Å². The number of ketones is 1. The van der Waals surface area contributed by atoms with Crippen molar-refractivity contribution in [3.63, 3.8) is 0 Å². The number of rotatable bonds is 13. The molecule has 0 fully saturated rings. The Morgan fingerprint density at radius 1 is 1.05 bits per heavy atom. The lowest BCUT2D eigenvalue weighted by molar-refractivity contribution is 0.0512. The van der Waals surface area contributed by atoms with Gasteiger partial charge in [0, 0.05) is 49.1 Å². The van der Waals surface area contributed by atoms with Crippen molar-refractivity contribution >= 4 is 32.7 Å². The summed E-state index contributed by atoms with van der Waals surface area (Å²) in [4.78, 5) is 30.7. The van der Waals surface area contributed by atoms with Crippen LogP contribution in [0.2, 0.25) is 0 Å². The van der Waals surface area contributed by atoms with Gasteiger partial charge >= 0.3 is 5.97 Å². The minimum atomic E-state index is -4.08. The minimum Gasteiger partial charge on any atom is -0.461 e. The summed E-state index contributed by atoms with van der Waals surface area (Å²) >= 11 is 0. The topological polar surface area (TPSA) is 108 Å². The van der Waals surface area contributed by atoms with Gasteiger partial charge in [-0.2, -0.15) is 4.31 Å². The van der Waals surface area contributed by atoms with Crippen LogP contribution in [0.3, 0.4) is 0 Å². The molecule has 0 atom stereocenters. The lowest BCUT2D eigenvalue weighted by Crippen LogP contribution is -2.37. The first-order valence-electron chi connectivity index (χ1n) is 12.5. The molecule has 37 heavy (non-hydrogen) atoms. The maximum atomic E-state index is 13.9. The van der Waals surface area contributed by atoms with Gasteiger partial charge in [0.15, 0.2) is 5.78 Å². The fraction of sp³-hybridized carbons (Fsp3) is 0.444. The predicted molar refractivity (Wildman–Crippen MR) is 141 cm³/mol. The van der Waals surface area contributed by atoms with Crippen LogP contribution >= 0.6 is 0 Å². The molecule has 0 N–H and O–H groups in total. The molecule has 0 aliphatic heterocycles. The molecule has 0 radical (unpaired) electrons. The predicted octanol–water partition coefficient (Wildman–Crippen LogP) is 4.15. The van der Waals surface area contributed by atoms with Gasteiger partial charge in [-0.15, -0.1) is 0 Å². The summed E-state index contributed by atoms with van der Waals surface area (Å²) in [6.07, 6.45) is 1.96. The molecule has 0 aliphatic carbocycles. The van der Waals surface area contributed by atoms with Crippen molar-refractivity contribution in [2.24, 2.45) is 0 Å². The minimum absolute atomic E-state index is 0.0431. The molecule has 1 aromatic carbocycles. The van der Waals surface area contributed by atoms with Crippen LogP contribution in [0.4, 0.5) is 0 Å². The van der Waals surface area contributed by atoms with E-state index in [1.54, 1.807) is 55.8 Å². The molecule has 10 heteroatoms. The summed E-state index contributed by atoms with van der Waals surface area (Å²) in [5.41, 5.74) is 2.09. The first kappa shape index (κ1) is 28.5. The third kappa shape index (κ3) is 5.92. The van der Waals surface area contributed by atoms with Crippen molar-refractivity contribution < 1.29 is 27.5 Å². The Hall–Kier alpha value is -3.08. The van der Waals surface area contributed by atoms with E-state index in [0.29, 0.717) is 59.6 Å². The second-order valence-electron chi connectivity index (χ2n) is 8.54. The number of aromatic nitrogens is 2. The first-order valence-corrected chi connectivity index (χ1v) is 13.9. The summed E-state index contributed by atoms with van der Waals surface area (Å²) in [6, 6.07) is 8.51. The van der Waals surface area contributed by atoms with Gasteiger partial charge in [-0.3, -0.25) is 9.78 Å². The number of hydrogen-bond acceptors (Lipinski definition) is 7. The maximum absolute atomic E-state index is 13.9. The zero-order chi connectivity index (χ0) is 27.2. The zero-order valence-electron chi connectivity index (χ0n) is 22.1. The molecule has 2 heterocycles. The quantitative estimate of drug-likeness (QED) is 0.186. The third-order valence-corrected chi connectivity index (χ3v) is 8.14. The fourth-order valence-corrected chi connectivity index (χ4v) is 6.20. The number of esters is 1. The molecule has 0 bridgehead atoms. The number of benzene rings is 1. The number of carbonyl (C=O) groups excluding carboxylic acids is 2. The van der Waals surface area contributed by atoms with Crippen molar-refractivity contribution in [2.45, 2.75) is 52.5 Å². The number of carbonyl (C=O) groups is 2. The van der Waals surface area contributed by atoms with Gasteiger partial charge in [0.25, 0.3) is 0 Å². The van der Waals surface area contributed by atoms with Gasteiger partial charge < -0.3 is 14.0 Å². The highest BCUT2D eigenvalue weighted by atomic mass is 32.2. The number of para-hydroxylation sites is 1. The van der Waals surface area contributed by atoms with Crippen LogP contribution in [0.5, 0.6) is 0 Å². The summed E-state index contributed by atoms with van der Waals surface area (Å²) in [7, 11) is -4.08. The summed E-state index contributed by atoms with van der Waals surface area (Å²) in [5, 5.41) is 0.690. The molecule has 0 amide bonds. The number of hydrogen-bond donors (Lipinski definition) is 0. The summed E-state index contributed by atoms with van der Waals surface area (Å²) < 4.78 is 41.3. The number of Topliss-reactive ketones (excluding diaryl/α,β-unsaturated/α-hetero) is 1. The highest BCUT2D eigenvalue weighted by Gasteiger charge is 2.32. The Balaban J connectivity index is 2.03. The highest BCUT2D eigenvalue weighted by molar-refractivity contribution is 7.89. The van der Waals surface area contributed by atoms with E-state index >= 15 is 0 Å². The van der Waals surface area contributed by atoms with Crippen LogP contribution in [0.15, 0.2) is 41.4 Å². The van der Waals surface area contributed by atoms with Gasteiger partial charge in [0.05, 0.1) is 18.7 Å². The van der Waals surface area contributed by atoms with Crippen LogP contribution in [-0.2, 0) is 26.0 Å². The van der Waals surface area contributed by atoms with Gasteiger partial charge in [-0.25, -0.2) is 13.2 Å². The van der Waals surface area contributed by atoms with Crippen LogP contribution in [0.25, 0.3) is 10.9 Å². The summed E-state index contributed by atoms with van der Waals surface area (Å²) in [5.74, 6) is -0.895. The SMILES string of the molecule is CCOCCCN(CC(=O)c1c(C)c(C(=O)OCC)n(CC)c1C)S(=O)(=O)c1cccc2cccnc12. The van der Waals surface area contributed by atoms with Crippen molar-refractivity contribution in [1.82, 2.24) is 13.9 Å². The van der Waals surface area contributed by atoms with Crippen LogP contribution in [0.1, 0.15) is 59.3 Å². The average Bonchev–Trinajstić information content (AvgIpc) is 3.14. The molecule has 0 unspecified atom stereocenters. The van der Waals surface area contributed by atoms with Crippen molar-refractivity contribution in [1.29, 1.82) is 0 Å². The molecule has 2 aromatic heterocycles. The summed E-state index contributed by atoms with van der Waals surface area (Å²) in [6.45, 7) is 10.2. The smallest absolute Gasteiger partial charge is 0.355 e. The van der Waals surface area contributed by atoms with Crippen LogP contribution < -0.4 is 0 Å². The lowest BCUT2D eigenvalue weighted by atomic mass is 10.1. The van der Waals surface area contributed by atoms with E-state index < -0.39 is 16.0 Å². The maximum Gasteiger partial charge on any atom is 0.355 e. The van der Waals surface area contributed by atoms with E-state index in [2.05, 4.69) is 4.98 Å². The molecule has 3 rings (SSSR count). The van der Waals surface area contributed by atoms with E-state index in [1.165, 1.54) is 10.4 Å². The van der Waals surface area contributed by atoms with Gasteiger partial charge in [-0.1, -0.05) is 18.2 Å². The molecular weight excluding hydrogens is 494 g/mol. The first-order chi connectivity index (χ1) is 17.7. The van der Waals surface area contributed by atoms with Crippen LogP contribution in [-0.4, -0.2) is 66.9 Å². The van der Waals surface area contributed by atoms with E-state index in [9.17, 15) is 18.0 Å². The van der Waals surface area contributed by atoms with E-state index in [1.807, 2.05) is 13.8 Å². The molecule has 0 saturated heterocycles. The molecule has 0 spiro atoms. The molecule has 9 nitrogen and oxygen atoms in total. The highest BCUT2D eigenvalue weighted by Crippen LogP contribution is 2.27. The number of nitrogens with zero attached hydrogens (tertiary/aromatic N) is 3. The molecule has 200 valence electrons. The Morgan fingerprint density at radius 2 is 1.78 bits per heavy atom. The average molecular weight is 530 g/mol. The van der Waals surface area contributed by atoms with Crippen molar-refractivity contribution in [3.05, 3.63) is 59.0 Å². The van der Waals surface area contributed by atoms with Crippen molar-refractivity contribution in [2.75, 3.05) is 32.9 Å². The molecular formula is C27H35N3O6S. The van der Waals surface area contributed by atoms with Crippen molar-refractivity contribution in [3.8, 4) is 0 Å². The van der Waals surface area contributed by atoms with E-state index in [-0.39, 0.29) is 30.4 Å². The molecule has 0 aliphatic rings. The Morgan fingerprint density at radius 3 is 2.46 bits per heavy atom. The Labute approximate surface area is 218 Å². The van der Waals surface area contributed by atoms with Gasteiger partial charge in [-0.05, 0) is 58.7 Å². The van der Waals surface area contributed by atoms with Gasteiger partial charge in [0.1, 0.15) is 10.6 Å². The monoisotopic (exact) mass is 529 g/mol. The van der Waals surface area contributed by atoms with Gasteiger partial charge in [0.2, 0.25) is 10.0 Å². The molecule has 0 saturated carbocycles.